The van der Waals surface area contributed by atoms with Crippen LogP contribution in [0.25, 0.3) is 0 Å². The van der Waals surface area contributed by atoms with Gasteiger partial charge in [-0.2, -0.15) is 0 Å². The fraction of sp³-hybridized carbons (Fsp3) is 1.00. The lowest BCUT2D eigenvalue weighted by Crippen LogP contribution is -2.48. The van der Waals surface area contributed by atoms with Crippen LogP contribution in [0, 0.1) is 5.41 Å². The average Bonchev–Trinajstić information content (AvgIpc) is 2.37. The molecule has 0 radical (unpaired) electrons. The maximum absolute atomic E-state index is 5.58. The van der Waals surface area contributed by atoms with Crippen molar-refractivity contribution in [3.63, 3.8) is 0 Å². The lowest BCUT2D eigenvalue weighted by molar-refractivity contribution is -0.0115. The van der Waals surface area contributed by atoms with Crippen LogP contribution in [0.1, 0.15) is 53.9 Å². The van der Waals surface area contributed by atoms with Crippen LogP contribution in [0.5, 0.6) is 0 Å². The van der Waals surface area contributed by atoms with Crippen molar-refractivity contribution in [3.8, 4) is 0 Å². The van der Waals surface area contributed by atoms with Crippen molar-refractivity contribution >= 4 is 0 Å². The molecule has 19 heavy (non-hydrogen) atoms. The summed E-state index contributed by atoms with van der Waals surface area (Å²) in [5.41, 5.74) is 0.336. The number of ether oxygens (including phenoxy) is 1. The third-order valence-electron chi connectivity index (χ3n) is 4.21. The highest BCUT2D eigenvalue weighted by Crippen LogP contribution is 2.23. The van der Waals surface area contributed by atoms with Crippen molar-refractivity contribution in [1.29, 1.82) is 0 Å². The Morgan fingerprint density at radius 3 is 2.63 bits per heavy atom. The summed E-state index contributed by atoms with van der Waals surface area (Å²) in [7, 11) is 0. The van der Waals surface area contributed by atoms with Crippen molar-refractivity contribution in [2.45, 2.75) is 66.0 Å². The molecule has 2 atom stereocenters. The Hall–Kier alpha value is -0.120. The summed E-state index contributed by atoms with van der Waals surface area (Å²) < 4.78 is 5.58. The first-order valence-electron chi connectivity index (χ1n) is 8.04. The summed E-state index contributed by atoms with van der Waals surface area (Å²) in [6.07, 6.45) is 3.64. The average molecular weight is 270 g/mol. The van der Waals surface area contributed by atoms with E-state index in [1.165, 1.54) is 25.8 Å². The van der Waals surface area contributed by atoms with Crippen LogP contribution in [-0.4, -0.2) is 49.8 Å². The highest BCUT2D eigenvalue weighted by Gasteiger charge is 2.27. The number of nitrogens with zero attached hydrogens (tertiary/aromatic N) is 1. The zero-order valence-electron chi connectivity index (χ0n) is 13.7. The van der Waals surface area contributed by atoms with Crippen molar-refractivity contribution in [2.24, 2.45) is 5.41 Å². The van der Waals surface area contributed by atoms with E-state index in [-0.39, 0.29) is 0 Å². The molecule has 1 aliphatic rings. The summed E-state index contributed by atoms with van der Waals surface area (Å²) in [6.45, 7) is 16.8. The predicted molar refractivity (Wildman–Crippen MR) is 82.6 cm³/mol. The number of hydrogen-bond donors (Lipinski definition) is 1. The Morgan fingerprint density at radius 1 is 1.32 bits per heavy atom. The molecule has 3 nitrogen and oxygen atoms in total. The minimum absolute atomic E-state index is 0.336. The smallest absolute Gasteiger partial charge is 0.0622 e. The summed E-state index contributed by atoms with van der Waals surface area (Å²) in [5.74, 6) is 0. The standard InChI is InChI=1S/C16H34N2O/c1-6-9-17-15(16(3,4)5)8-10-18-11-12-19-13-14(18)7-2/h14-15,17H,6-13H2,1-5H3. The van der Waals surface area contributed by atoms with E-state index >= 15 is 0 Å². The molecular formula is C16H34N2O. The SMILES string of the molecule is CCCNC(CCN1CCOCC1CC)C(C)(C)C. The monoisotopic (exact) mass is 270 g/mol. The third-order valence-corrected chi connectivity index (χ3v) is 4.21. The second-order valence-electron chi connectivity index (χ2n) is 6.83. The summed E-state index contributed by atoms with van der Waals surface area (Å²) in [4.78, 5) is 2.62. The van der Waals surface area contributed by atoms with Gasteiger partial charge in [0.15, 0.2) is 0 Å². The third kappa shape index (κ3) is 5.80. The summed E-state index contributed by atoms with van der Waals surface area (Å²) in [6, 6.07) is 1.23. The van der Waals surface area contributed by atoms with Crippen LogP contribution < -0.4 is 5.32 Å². The van der Waals surface area contributed by atoms with Crippen LogP contribution in [0.2, 0.25) is 0 Å². The van der Waals surface area contributed by atoms with E-state index in [0.29, 0.717) is 17.5 Å². The van der Waals surface area contributed by atoms with Gasteiger partial charge < -0.3 is 10.1 Å². The Bertz CT molecular complexity index is 237. The van der Waals surface area contributed by atoms with Crippen molar-refractivity contribution in [2.75, 3.05) is 32.8 Å². The van der Waals surface area contributed by atoms with Gasteiger partial charge >= 0.3 is 0 Å². The lowest BCUT2D eigenvalue weighted by Gasteiger charge is -2.38. The van der Waals surface area contributed by atoms with Gasteiger partial charge in [-0.15, -0.1) is 0 Å². The fourth-order valence-electron chi connectivity index (χ4n) is 2.81. The minimum Gasteiger partial charge on any atom is -0.378 e. The molecule has 2 unspecified atom stereocenters. The highest BCUT2D eigenvalue weighted by molar-refractivity contribution is 4.83. The topological polar surface area (TPSA) is 24.5 Å². The second-order valence-corrected chi connectivity index (χ2v) is 6.83. The van der Waals surface area contributed by atoms with Gasteiger partial charge in [-0.1, -0.05) is 34.6 Å². The minimum atomic E-state index is 0.336. The van der Waals surface area contributed by atoms with Crippen molar-refractivity contribution in [3.05, 3.63) is 0 Å². The highest BCUT2D eigenvalue weighted by atomic mass is 16.5. The molecule has 114 valence electrons. The number of nitrogens with one attached hydrogen (secondary N) is 1. The van der Waals surface area contributed by atoms with Gasteiger partial charge in [-0.25, -0.2) is 0 Å². The van der Waals surface area contributed by atoms with E-state index in [1.807, 2.05) is 0 Å². The Morgan fingerprint density at radius 2 is 2.05 bits per heavy atom. The van der Waals surface area contributed by atoms with Crippen molar-refractivity contribution < 1.29 is 4.74 Å². The molecular weight excluding hydrogens is 236 g/mol. The van der Waals surface area contributed by atoms with E-state index < -0.39 is 0 Å². The zero-order chi connectivity index (χ0) is 14.3. The van der Waals surface area contributed by atoms with Crippen LogP contribution in [-0.2, 0) is 4.74 Å². The molecule has 0 saturated carbocycles. The first-order valence-corrected chi connectivity index (χ1v) is 8.04. The van der Waals surface area contributed by atoms with Crippen LogP contribution in [0.15, 0.2) is 0 Å². The normalized spacial score (nSPS) is 23.5. The molecule has 0 amide bonds. The van der Waals surface area contributed by atoms with E-state index in [2.05, 4.69) is 44.8 Å². The predicted octanol–water partition coefficient (Wildman–Crippen LogP) is 2.90. The van der Waals surface area contributed by atoms with Gasteiger partial charge in [-0.3, -0.25) is 4.90 Å². The number of rotatable bonds is 7. The molecule has 1 aliphatic heterocycles. The van der Waals surface area contributed by atoms with Crippen molar-refractivity contribution in [1.82, 2.24) is 10.2 Å². The molecule has 1 heterocycles. The summed E-state index contributed by atoms with van der Waals surface area (Å²) >= 11 is 0. The van der Waals surface area contributed by atoms with Gasteiger partial charge in [0.25, 0.3) is 0 Å². The van der Waals surface area contributed by atoms with Gasteiger partial charge in [0.1, 0.15) is 0 Å². The molecule has 1 rings (SSSR count). The lowest BCUT2D eigenvalue weighted by atomic mass is 9.84. The van der Waals surface area contributed by atoms with Gasteiger partial charge in [0.2, 0.25) is 0 Å². The Kier molecular flexibility index (Phi) is 7.33. The molecule has 3 heteroatoms. The molecule has 0 bridgehead atoms. The second kappa shape index (κ2) is 8.23. The van der Waals surface area contributed by atoms with E-state index in [4.69, 9.17) is 4.74 Å². The Balaban J connectivity index is 2.45. The number of hydrogen-bond acceptors (Lipinski definition) is 3. The quantitative estimate of drug-likeness (QED) is 0.770. The van der Waals surface area contributed by atoms with E-state index in [0.717, 1.165) is 26.3 Å². The fourth-order valence-corrected chi connectivity index (χ4v) is 2.81. The van der Waals surface area contributed by atoms with E-state index in [9.17, 15) is 0 Å². The van der Waals surface area contributed by atoms with Crippen LogP contribution in [0.4, 0.5) is 0 Å². The van der Waals surface area contributed by atoms with Crippen LogP contribution >= 0.6 is 0 Å². The molecule has 0 aliphatic carbocycles. The van der Waals surface area contributed by atoms with E-state index in [1.54, 1.807) is 0 Å². The first-order chi connectivity index (χ1) is 8.99. The molecule has 0 spiro atoms. The Labute approximate surface area is 120 Å². The maximum Gasteiger partial charge on any atom is 0.0622 e. The first kappa shape index (κ1) is 16.9. The molecule has 1 N–H and O–H groups in total. The maximum atomic E-state index is 5.58. The van der Waals surface area contributed by atoms with Gasteiger partial charge in [-0.05, 0) is 31.2 Å². The number of morpholine rings is 1. The molecule has 0 aromatic carbocycles. The van der Waals surface area contributed by atoms with Crippen LogP contribution in [0.3, 0.4) is 0 Å². The zero-order valence-corrected chi connectivity index (χ0v) is 13.7. The molecule has 0 aromatic rings. The van der Waals surface area contributed by atoms with Gasteiger partial charge in [0.05, 0.1) is 13.2 Å². The molecule has 0 aromatic heterocycles. The summed E-state index contributed by atoms with van der Waals surface area (Å²) in [5, 5.41) is 3.72. The largest absolute Gasteiger partial charge is 0.378 e. The molecule has 1 fully saturated rings. The van der Waals surface area contributed by atoms with Gasteiger partial charge in [0, 0.05) is 25.2 Å². The molecule has 1 saturated heterocycles.